The molecule has 3 nitrogen and oxygen atoms in total. The molecule has 0 aromatic heterocycles. The maximum absolute atomic E-state index is 13.2. The van der Waals surface area contributed by atoms with Crippen molar-refractivity contribution < 1.29 is 17.9 Å². The number of alkyl halides is 3. The number of thiocarbonyl (C=S) groups is 1. The fourth-order valence-corrected chi connectivity index (χ4v) is 3.97. The summed E-state index contributed by atoms with van der Waals surface area (Å²) >= 11 is 5.48. The van der Waals surface area contributed by atoms with Crippen molar-refractivity contribution in [2.45, 2.75) is 37.4 Å². The lowest BCUT2D eigenvalue weighted by Crippen LogP contribution is -2.45. The maximum atomic E-state index is 13.2. The Bertz CT molecular complexity index is 876. The fraction of sp³-hybridized carbons (Fsp3) is 0.318. The highest BCUT2D eigenvalue weighted by Gasteiger charge is 2.38. The normalized spacial score (nSPS) is 15.6. The highest BCUT2D eigenvalue weighted by atomic mass is 32.1. The molecular formula is C22H23F3N2OS. The van der Waals surface area contributed by atoms with E-state index < -0.39 is 17.3 Å². The van der Waals surface area contributed by atoms with Crippen LogP contribution in [0.2, 0.25) is 0 Å². The Balaban J connectivity index is 1.77. The molecule has 0 aliphatic heterocycles. The van der Waals surface area contributed by atoms with Crippen molar-refractivity contribution in [2.75, 3.05) is 11.9 Å². The van der Waals surface area contributed by atoms with Crippen molar-refractivity contribution in [1.82, 2.24) is 5.32 Å². The molecule has 0 atom stereocenters. The molecule has 0 unspecified atom stereocenters. The second-order valence-corrected chi connectivity index (χ2v) is 7.48. The predicted octanol–water partition coefficient (Wildman–Crippen LogP) is 6.03. The SMILES string of the molecule is C=CCOc1cccc(NC(=S)NC2(c3cccc(C(F)(F)F)c3)CCCC2)c1. The molecule has 0 amide bonds. The molecule has 1 fully saturated rings. The molecule has 2 aromatic carbocycles. The van der Waals surface area contributed by atoms with Crippen molar-refractivity contribution in [3.8, 4) is 5.75 Å². The third kappa shape index (κ3) is 5.29. The molecule has 3 rings (SSSR count). The third-order valence-electron chi connectivity index (χ3n) is 5.01. The third-order valence-corrected chi connectivity index (χ3v) is 5.22. The number of halogens is 3. The smallest absolute Gasteiger partial charge is 0.416 e. The van der Waals surface area contributed by atoms with Gasteiger partial charge in [0.25, 0.3) is 0 Å². The second-order valence-electron chi connectivity index (χ2n) is 7.07. The van der Waals surface area contributed by atoms with Crippen LogP contribution in [-0.4, -0.2) is 11.7 Å². The number of hydrogen-bond donors (Lipinski definition) is 2. The lowest BCUT2D eigenvalue weighted by Gasteiger charge is -2.33. The molecule has 0 heterocycles. The van der Waals surface area contributed by atoms with Gasteiger partial charge in [0.15, 0.2) is 5.11 Å². The molecule has 0 spiro atoms. The molecule has 2 N–H and O–H groups in total. The number of anilines is 1. The van der Waals surface area contributed by atoms with E-state index in [1.807, 2.05) is 24.3 Å². The molecule has 7 heteroatoms. The Hall–Kier alpha value is -2.54. The van der Waals surface area contributed by atoms with Crippen molar-refractivity contribution in [1.29, 1.82) is 0 Å². The van der Waals surface area contributed by atoms with E-state index in [0.717, 1.165) is 37.4 Å². The summed E-state index contributed by atoms with van der Waals surface area (Å²) in [5.74, 6) is 0.672. The lowest BCUT2D eigenvalue weighted by molar-refractivity contribution is -0.137. The zero-order valence-corrected chi connectivity index (χ0v) is 16.7. The Morgan fingerprint density at radius 2 is 1.86 bits per heavy atom. The van der Waals surface area contributed by atoms with Gasteiger partial charge in [-0.3, -0.25) is 0 Å². The Labute approximate surface area is 174 Å². The molecule has 2 aromatic rings. The summed E-state index contributed by atoms with van der Waals surface area (Å²) in [4.78, 5) is 0. The van der Waals surface area contributed by atoms with Crippen molar-refractivity contribution in [2.24, 2.45) is 0 Å². The first-order valence-corrected chi connectivity index (χ1v) is 9.84. The van der Waals surface area contributed by atoms with Crippen LogP contribution in [0.15, 0.2) is 61.2 Å². The minimum atomic E-state index is -4.37. The van der Waals surface area contributed by atoms with Gasteiger partial charge in [-0.1, -0.05) is 43.7 Å². The molecule has 1 aliphatic carbocycles. The van der Waals surface area contributed by atoms with Crippen LogP contribution in [0.4, 0.5) is 18.9 Å². The molecule has 0 radical (unpaired) electrons. The van der Waals surface area contributed by atoms with Gasteiger partial charge in [-0.2, -0.15) is 13.2 Å². The minimum absolute atomic E-state index is 0.366. The van der Waals surface area contributed by atoms with Crippen LogP contribution in [-0.2, 0) is 11.7 Å². The average molecular weight is 421 g/mol. The average Bonchev–Trinajstić information content (AvgIpc) is 3.15. The number of benzene rings is 2. The lowest BCUT2D eigenvalue weighted by atomic mass is 9.87. The van der Waals surface area contributed by atoms with E-state index in [4.69, 9.17) is 17.0 Å². The van der Waals surface area contributed by atoms with Gasteiger partial charge in [0.05, 0.1) is 11.1 Å². The molecule has 0 saturated heterocycles. The van der Waals surface area contributed by atoms with Crippen molar-refractivity contribution in [3.05, 3.63) is 72.3 Å². The van der Waals surface area contributed by atoms with E-state index in [9.17, 15) is 13.2 Å². The summed E-state index contributed by atoms with van der Waals surface area (Å²) in [5, 5.41) is 6.78. The summed E-state index contributed by atoms with van der Waals surface area (Å²) in [7, 11) is 0. The first-order valence-electron chi connectivity index (χ1n) is 9.43. The maximum Gasteiger partial charge on any atom is 0.416 e. The van der Waals surface area contributed by atoms with E-state index in [1.165, 1.54) is 12.1 Å². The van der Waals surface area contributed by atoms with Crippen LogP contribution in [0.5, 0.6) is 5.75 Å². The van der Waals surface area contributed by atoms with E-state index in [2.05, 4.69) is 17.2 Å². The first-order chi connectivity index (χ1) is 13.8. The van der Waals surface area contributed by atoms with Crippen LogP contribution < -0.4 is 15.4 Å². The summed E-state index contributed by atoms with van der Waals surface area (Å²) < 4.78 is 45.1. The summed E-state index contributed by atoms with van der Waals surface area (Å²) in [6.45, 7) is 4.01. The quantitative estimate of drug-likeness (QED) is 0.442. The van der Waals surface area contributed by atoms with Crippen LogP contribution in [0, 0.1) is 0 Å². The van der Waals surface area contributed by atoms with Crippen molar-refractivity contribution in [3.63, 3.8) is 0 Å². The Morgan fingerprint density at radius 1 is 1.14 bits per heavy atom. The Kier molecular flexibility index (Phi) is 6.47. The standard InChI is InChI=1S/C22H23F3N2OS/c1-2-13-28-19-10-6-9-18(15-19)26-20(29)27-21(11-3-4-12-21)16-7-5-8-17(14-16)22(23,24)25/h2,5-10,14-15H,1,3-4,11-13H2,(H2,26,27,29). The van der Waals surface area contributed by atoms with Gasteiger partial charge >= 0.3 is 6.18 Å². The van der Waals surface area contributed by atoms with Crippen LogP contribution in [0.1, 0.15) is 36.8 Å². The number of ether oxygens (including phenoxy) is 1. The van der Waals surface area contributed by atoms with Crippen LogP contribution in [0.25, 0.3) is 0 Å². The summed E-state index contributed by atoms with van der Waals surface area (Å²) in [5.41, 5.74) is 0.0924. The van der Waals surface area contributed by atoms with Gasteiger partial charge in [0.1, 0.15) is 12.4 Å². The Morgan fingerprint density at radius 3 is 2.55 bits per heavy atom. The van der Waals surface area contributed by atoms with E-state index >= 15 is 0 Å². The van der Waals surface area contributed by atoms with Crippen molar-refractivity contribution >= 4 is 23.0 Å². The van der Waals surface area contributed by atoms with Gasteiger partial charge in [0.2, 0.25) is 0 Å². The van der Waals surface area contributed by atoms with Gasteiger partial charge in [-0.25, -0.2) is 0 Å². The van der Waals surface area contributed by atoms with Gasteiger partial charge in [-0.15, -0.1) is 0 Å². The minimum Gasteiger partial charge on any atom is -0.489 e. The van der Waals surface area contributed by atoms with E-state index in [1.54, 1.807) is 12.1 Å². The summed E-state index contributed by atoms with van der Waals surface area (Å²) in [6.07, 6.45) is 0.580. The first kappa shape index (κ1) is 21.2. The zero-order valence-electron chi connectivity index (χ0n) is 15.9. The van der Waals surface area contributed by atoms with Gasteiger partial charge in [-0.05, 0) is 54.9 Å². The molecule has 1 aliphatic rings. The monoisotopic (exact) mass is 420 g/mol. The second kappa shape index (κ2) is 8.86. The molecular weight excluding hydrogens is 397 g/mol. The fourth-order valence-electron chi connectivity index (χ4n) is 3.66. The largest absolute Gasteiger partial charge is 0.489 e. The highest BCUT2D eigenvalue weighted by Crippen LogP contribution is 2.41. The molecule has 29 heavy (non-hydrogen) atoms. The zero-order chi connectivity index (χ0) is 20.9. The number of hydrogen-bond acceptors (Lipinski definition) is 2. The van der Waals surface area contributed by atoms with E-state index in [0.29, 0.717) is 23.0 Å². The molecule has 1 saturated carbocycles. The molecule has 154 valence electrons. The number of rotatable bonds is 6. The van der Waals surface area contributed by atoms with E-state index in [-0.39, 0.29) is 0 Å². The summed E-state index contributed by atoms with van der Waals surface area (Å²) in [6, 6.07) is 12.8. The number of nitrogens with one attached hydrogen (secondary N) is 2. The topological polar surface area (TPSA) is 33.3 Å². The van der Waals surface area contributed by atoms with Crippen LogP contribution >= 0.6 is 12.2 Å². The van der Waals surface area contributed by atoms with Gasteiger partial charge < -0.3 is 15.4 Å². The highest BCUT2D eigenvalue weighted by molar-refractivity contribution is 7.80. The predicted molar refractivity (Wildman–Crippen MR) is 113 cm³/mol. The van der Waals surface area contributed by atoms with Crippen LogP contribution in [0.3, 0.4) is 0 Å². The van der Waals surface area contributed by atoms with Gasteiger partial charge in [0, 0.05) is 11.8 Å². The molecule has 0 bridgehead atoms.